The van der Waals surface area contributed by atoms with E-state index in [0.29, 0.717) is 5.01 Å². The molecule has 1 aromatic carbocycles. The van der Waals surface area contributed by atoms with Crippen LogP contribution in [-0.2, 0) is 10.0 Å². The van der Waals surface area contributed by atoms with E-state index >= 15 is 0 Å². The van der Waals surface area contributed by atoms with E-state index < -0.39 is 21.7 Å². The third-order valence-corrected chi connectivity index (χ3v) is 3.70. The van der Waals surface area contributed by atoms with E-state index in [1.807, 2.05) is 4.72 Å². The van der Waals surface area contributed by atoms with Crippen LogP contribution in [0.1, 0.15) is 9.67 Å². The van der Waals surface area contributed by atoms with Gasteiger partial charge in [-0.05, 0) is 12.1 Å². The number of aromatic nitrogens is 1. The molecule has 0 radical (unpaired) electrons. The van der Waals surface area contributed by atoms with E-state index in [1.165, 1.54) is 18.3 Å². The molecule has 8 heteroatoms. The monoisotopic (exact) mass is 300 g/mol. The molecule has 0 aliphatic rings. The molecule has 0 atom stereocenters. The first-order chi connectivity index (χ1) is 8.87. The number of rotatable bonds is 3. The zero-order chi connectivity index (χ0) is 14.0. The Morgan fingerprint density at radius 3 is 2.68 bits per heavy atom. The fourth-order valence-electron chi connectivity index (χ4n) is 1.36. The molecule has 0 unspecified atom stereocenters. The molecule has 0 aliphatic carbocycles. The average Bonchev–Trinajstić information content (AvgIpc) is 2.76. The van der Waals surface area contributed by atoms with Crippen LogP contribution < -0.4 is 4.72 Å². The summed E-state index contributed by atoms with van der Waals surface area (Å²) in [6.07, 6.45) is 2.09. The number of halogens is 1. The first-order valence-electron chi connectivity index (χ1n) is 5.09. The number of carbonyl (C=O) groups is 1. The van der Waals surface area contributed by atoms with Gasteiger partial charge in [-0.1, -0.05) is 12.1 Å². The SMILES string of the molecule is CS(=O)(=O)NC(=O)c1cnc(-c2ccccc2F)s1. The number of sulfonamides is 1. The van der Waals surface area contributed by atoms with Gasteiger partial charge in [0, 0.05) is 5.56 Å². The van der Waals surface area contributed by atoms with Crippen LogP contribution in [0.25, 0.3) is 10.6 Å². The fourth-order valence-corrected chi connectivity index (χ4v) is 2.71. The lowest BCUT2D eigenvalue weighted by atomic mass is 10.2. The largest absolute Gasteiger partial charge is 0.276 e. The Labute approximate surface area is 113 Å². The molecule has 19 heavy (non-hydrogen) atoms. The Hall–Kier alpha value is -1.80. The van der Waals surface area contributed by atoms with Crippen LogP contribution in [0, 0.1) is 5.82 Å². The average molecular weight is 300 g/mol. The van der Waals surface area contributed by atoms with Crippen molar-refractivity contribution in [3.8, 4) is 10.6 Å². The standard InChI is InChI=1S/C11H9FN2O3S2/c1-19(16,17)14-10(15)9-6-13-11(18-9)7-4-2-3-5-8(7)12/h2-6H,1H3,(H,14,15). The second-order valence-corrected chi connectivity index (χ2v) is 6.49. The molecule has 5 nitrogen and oxygen atoms in total. The second-order valence-electron chi connectivity index (χ2n) is 3.71. The summed E-state index contributed by atoms with van der Waals surface area (Å²) in [5.74, 6) is -1.23. The summed E-state index contributed by atoms with van der Waals surface area (Å²) in [4.78, 5) is 15.6. The minimum Gasteiger partial charge on any atom is -0.267 e. The molecule has 0 bridgehead atoms. The molecule has 1 N–H and O–H groups in total. The maximum absolute atomic E-state index is 13.5. The topological polar surface area (TPSA) is 76.1 Å². The van der Waals surface area contributed by atoms with Gasteiger partial charge in [0.2, 0.25) is 10.0 Å². The fraction of sp³-hybridized carbons (Fsp3) is 0.0909. The van der Waals surface area contributed by atoms with Crippen molar-refractivity contribution in [3.63, 3.8) is 0 Å². The summed E-state index contributed by atoms with van der Waals surface area (Å²) in [6.45, 7) is 0. The first-order valence-corrected chi connectivity index (χ1v) is 7.80. The highest BCUT2D eigenvalue weighted by Crippen LogP contribution is 2.27. The highest BCUT2D eigenvalue weighted by Gasteiger charge is 2.16. The molecule has 0 aliphatic heterocycles. The van der Waals surface area contributed by atoms with Gasteiger partial charge in [-0.2, -0.15) is 0 Å². The Morgan fingerprint density at radius 2 is 2.05 bits per heavy atom. The molecule has 1 heterocycles. The molecule has 1 aromatic heterocycles. The zero-order valence-electron chi connectivity index (χ0n) is 9.75. The van der Waals surface area contributed by atoms with E-state index in [2.05, 4.69) is 4.98 Å². The highest BCUT2D eigenvalue weighted by atomic mass is 32.2. The van der Waals surface area contributed by atoms with Crippen molar-refractivity contribution < 1.29 is 17.6 Å². The van der Waals surface area contributed by atoms with E-state index in [0.717, 1.165) is 17.6 Å². The van der Waals surface area contributed by atoms with E-state index in [1.54, 1.807) is 12.1 Å². The van der Waals surface area contributed by atoms with Crippen LogP contribution in [0.15, 0.2) is 30.5 Å². The number of thiazole rings is 1. The van der Waals surface area contributed by atoms with Gasteiger partial charge in [-0.3, -0.25) is 4.79 Å². The second kappa shape index (κ2) is 5.06. The summed E-state index contributed by atoms with van der Waals surface area (Å²) >= 11 is 0.921. The van der Waals surface area contributed by atoms with Gasteiger partial charge in [0.25, 0.3) is 5.91 Å². The maximum Gasteiger partial charge on any atom is 0.276 e. The van der Waals surface area contributed by atoms with Crippen molar-refractivity contribution in [2.45, 2.75) is 0 Å². The van der Waals surface area contributed by atoms with Crippen molar-refractivity contribution in [2.24, 2.45) is 0 Å². The Bertz CT molecular complexity index is 725. The van der Waals surface area contributed by atoms with E-state index in [9.17, 15) is 17.6 Å². The number of amides is 1. The minimum absolute atomic E-state index is 0.101. The number of nitrogens with one attached hydrogen (secondary N) is 1. The minimum atomic E-state index is -3.63. The summed E-state index contributed by atoms with van der Waals surface area (Å²) in [5, 5.41) is 0.316. The Balaban J connectivity index is 2.30. The first kappa shape index (κ1) is 13.6. The van der Waals surface area contributed by atoms with Crippen LogP contribution in [-0.4, -0.2) is 25.6 Å². The Morgan fingerprint density at radius 1 is 1.37 bits per heavy atom. The van der Waals surface area contributed by atoms with E-state index in [4.69, 9.17) is 0 Å². The molecule has 2 aromatic rings. The van der Waals surface area contributed by atoms with Gasteiger partial charge >= 0.3 is 0 Å². The van der Waals surface area contributed by atoms with Crippen LogP contribution in [0.2, 0.25) is 0 Å². The third kappa shape index (κ3) is 3.36. The molecule has 2 rings (SSSR count). The number of benzene rings is 1. The molecule has 0 saturated heterocycles. The predicted molar refractivity (Wildman–Crippen MR) is 69.8 cm³/mol. The Kier molecular flexibility index (Phi) is 3.63. The van der Waals surface area contributed by atoms with Crippen LogP contribution >= 0.6 is 11.3 Å². The maximum atomic E-state index is 13.5. The summed E-state index contributed by atoms with van der Waals surface area (Å²) in [7, 11) is -3.63. The summed E-state index contributed by atoms with van der Waals surface area (Å²) < 4.78 is 37.2. The molecule has 0 fully saturated rings. The van der Waals surface area contributed by atoms with Crippen molar-refractivity contribution in [2.75, 3.05) is 6.26 Å². The predicted octanol–water partition coefficient (Wildman–Crippen LogP) is 1.64. The summed E-state index contributed by atoms with van der Waals surface area (Å²) in [5.41, 5.74) is 0.269. The van der Waals surface area contributed by atoms with Gasteiger partial charge in [0.1, 0.15) is 15.7 Å². The van der Waals surface area contributed by atoms with E-state index in [-0.39, 0.29) is 10.4 Å². The van der Waals surface area contributed by atoms with Gasteiger partial charge in [0.15, 0.2) is 0 Å². The van der Waals surface area contributed by atoms with Crippen molar-refractivity contribution >= 4 is 27.3 Å². The quantitative estimate of drug-likeness (QED) is 0.935. The van der Waals surface area contributed by atoms with Gasteiger partial charge in [0.05, 0.1) is 12.5 Å². The highest BCUT2D eigenvalue weighted by molar-refractivity contribution is 7.89. The van der Waals surface area contributed by atoms with Crippen LogP contribution in [0.3, 0.4) is 0 Å². The lowest BCUT2D eigenvalue weighted by molar-refractivity contribution is 0.0985. The number of carbonyl (C=O) groups excluding carboxylic acids is 1. The van der Waals surface area contributed by atoms with Crippen molar-refractivity contribution in [1.29, 1.82) is 0 Å². The van der Waals surface area contributed by atoms with Crippen molar-refractivity contribution in [3.05, 3.63) is 41.2 Å². The molecule has 1 amide bonds. The number of nitrogens with zero attached hydrogens (tertiary/aromatic N) is 1. The summed E-state index contributed by atoms with van der Waals surface area (Å²) in [6, 6.07) is 6.01. The molecule has 100 valence electrons. The zero-order valence-corrected chi connectivity index (χ0v) is 11.4. The lowest BCUT2D eigenvalue weighted by Gasteiger charge is -1.98. The molecular weight excluding hydrogens is 291 g/mol. The lowest BCUT2D eigenvalue weighted by Crippen LogP contribution is -2.28. The van der Waals surface area contributed by atoms with Crippen molar-refractivity contribution in [1.82, 2.24) is 9.71 Å². The smallest absolute Gasteiger partial charge is 0.267 e. The van der Waals surface area contributed by atoms with Gasteiger partial charge < -0.3 is 0 Å². The normalized spacial score (nSPS) is 11.3. The van der Waals surface area contributed by atoms with Gasteiger partial charge in [-0.25, -0.2) is 22.5 Å². The van der Waals surface area contributed by atoms with Crippen LogP contribution in [0.4, 0.5) is 4.39 Å². The van der Waals surface area contributed by atoms with Crippen LogP contribution in [0.5, 0.6) is 0 Å². The molecule has 0 saturated carbocycles. The molecular formula is C11H9FN2O3S2. The third-order valence-electron chi connectivity index (χ3n) is 2.11. The van der Waals surface area contributed by atoms with Gasteiger partial charge in [-0.15, -0.1) is 11.3 Å². The number of hydrogen-bond acceptors (Lipinski definition) is 5. The number of hydrogen-bond donors (Lipinski definition) is 1. The molecule has 0 spiro atoms.